The van der Waals surface area contributed by atoms with Crippen molar-refractivity contribution in [1.82, 2.24) is 9.96 Å². The van der Waals surface area contributed by atoms with Gasteiger partial charge in [0.25, 0.3) is 0 Å². The fourth-order valence-corrected chi connectivity index (χ4v) is 10.1. The lowest BCUT2D eigenvalue weighted by Gasteiger charge is -2.43. The largest absolute Gasteiger partial charge is 0.325 e. The van der Waals surface area contributed by atoms with Crippen LogP contribution in [0.1, 0.15) is 65.2 Å². The van der Waals surface area contributed by atoms with Crippen LogP contribution in [0, 0.1) is 0 Å². The van der Waals surface area contributed by atoms with Crippen LogP contribution in [0.15, 0.2) is 0 Å². The molecule has 2 rings (SSSR count). The first-order valence-corrected chi connectivity index (χ1v) is 9.99. The zero-order valence-corrected chi connectivity index (χ0v) is 12.7. The lowest BCUT2D eigenvalue weighted by Crippen LogP contribution is -2.67. The summed E-state index contributed by atoms with van der Waals surface area (Å²) in [7, 11) is -1.43. The van der Waals surface area contributed by atoms with Gasteiger partial charge in [0.15, 0.2) is 0 Å². The molecule has 0 bridgehead atoms. The van der Waals surface area contributed by atoms with Gasteiger partial charge < -0.3 is 9.96 Å². The van der Waals surface area contributed by atoms with Crippen molar-refractivity contribution in [3.05, 3.63) is 0 Å². The molecule has 2 N–H and O–H groups in total. The minimum Gasteiger partial charge on any atom is -0.325 e. The molecule has 0 unspecified atom stereocenters. The fourth-order valence-electron chi connectivity index (χ4n) is 4.32. The maximum Gasteiger partial charge on any atom is 0.207 e. The van der Waals surface area contributed by atoms with Gasteiger partial charge >= 0.3 is 0 Å². The van der Waals surface area contributed by atoms with Crippen LogP contribution >= 0.6 is 0 Å². The van der Waals surface area contributed by atoms with Crippen LogP contribution in [-0.2, 0) is 0 Å². The second-order valence-electron chi connectivity index (χ2n) is 5.89. The SMILES string of the molecule is CCN[Si](NCC)(C1CCCC1)C1CCCC1. The lowest BCUT2D eigenvalue weighted by atomic mass is 10.3. The summed E-state index contributed by atoms with van der Waals surface area (Å²) in [4.78, 5) is 8.02. The topological polar surface area (TPSA) is 24.1 Å². The third-order valence-corrected chi connectivity index (χ3v) is 10.5. The Kier molecular flexibility index (Phi) is 5.06. The van der Waals surface area contributed by atoms with E-state index in [1.165, 1.54) is 51.4 Å². The predicted molar refractivity (Wildman–Crippen MR) is 77.5 cm³/mol. The Balaban J connectivity index is 2.16. The molecule has 0 atom stereocenters. The Hall–Kier alpha value is 0.137. The van der Waals surface area contributed by atoms with E-state index < -0.39 is 8.40 Å². The van der Waals surface area contributed by atoms with Gasteiger partial charge in [-0.25, -0.2) is 0 Å². The molecule has 0 heterocycles. The van der Waals surface area contributed by atoms with Crippen LogP contribution in [0.5, 0.6) is 0 Å². The summed E-state index contributed by atoms with van der Waals surface area (Å²) in [5.74, 6) is 0. The molecule has 0 saturated heterocycles. The quantitative estimate of drug-likeness (QED) is 0.709. The average Bonchev–Trinajstić information content (AvgIpc) is 3.02. The number of hydrogen-bond donors (Lipinski definition) is 2. The molecule has 3 heteroatoms. The molecule has 0 aliphatic heterocycles. The molecule has 0 aromatic rings. The van der Waals surface area contributed by atoms with Gasteiger partial charge in [-0.3, -0.25) is 0 Å². The summed E-state index contributed by atoms with van der Waals surface area (Å²) in [6.07, 6.45) is 11.9. The average molecular weight is 254 g/mol. The molecule has 0 aromatic heterocycles. The highest BCUT2D eigenvalue weighted by Crippen LogP contribution is 2.47. The highest BCUT2D eigenvalue weighted by atomic mass is 28.3. The Morgan fingerprint density at radius 2 is 1.12 bits per heavy atom. The summed E-state index contributed by atoms with van der Waals surface area (Å²) in [5.41, 5.74) is 2.01. The van der Waals surface area contributed by atoms with Crippen molar-refractivity contribution < 1.29 is 0 Å². The molecule has 2 fully saturated rings. The van der Waals surface area contributed by atoms with E-state index in [-0.39, 0.29) is 0 Å². The van der Waals surface area contributed by atoms with E-state index >= 15 is 0 Å². The Labute approximate surface area is 108 Å². The smallest absolute Gasteiger partial charge is 0.207 e. The molecule has 17 heavy (non-hydrogen) atoms. The van der Waals surface area contributed by atoms with Crippen molar-refractivity contribution in [3.63, 3.8) is 0 Å². The monoisotopic (exact) mass is 254 g/mol. The van der Waals surface area contributed by atoms with Crippen LogP contribution in [0.3, 0.4) is 0 Å². The molecule has 2 saturated carbocycles. The van der Waals surface area contributed by atoms with E-state index in [1.54, 1.807) is 0 Å². The number of hydrogen-bond acceptors (Lipinski definition) is 2. The number of rotatable bonds is 6. The zero-order valence-electron chi connectivity index (χ0n) is 11.7. The highest BCUT2D eigenvalue weighted by Gasteiger charge is 2.48. The van der Waals surface area contributed by atoms with Gasteiger partial charge in [-0.2, -0.15) is 0 Å². The molecule has 0 spiro atoms. The van der Waals surface area contributed by atoms with Crippen LogP contribution in [0.4, 0.5) is 0 Å². The van der Waals surface area contributed by atoms with E-state index in [4.69, 9.17) is 0 Å². The fraction of sp³-hybridized carbons (Fsp3) is 1.00. The summed E-state index contributed by atoms with van der Waals surface area (Å²) in [6.45, 7) is 6.91. The normalized spacial score (nSPS) is 23.6. The first kappa shape index (κ1) is 13.6. The van der Waals surface area contributed by atoms with Crippen LogP contribution in [-0.4, -0.2) is 21.5 Å². The summed E-state index contributed by atoms with van der Waals surface area (Å²) < 4.78 is 0. The third kappa shape index (κ3) is 2.77. The standard InChI is InChI=1S/C14H30N2Si/c1-3-15-17(16-4-2,13-9-5-6-10-13)14-11-7-8-12-14/h13-16H,3-12H2,1-2H3. The van der Waals surface area contributed by atoms with Crippen molar-refractivity contribution in [2.75, 3.05) is 13.1 Å². The van der Waals surface area contributed by atoms with Crippen molar-refractivity contribution >= 4 is 8.40 Å². The molecular weight excluding hydrogens is 224 g/mol. The molecule has 2 aliphatic rings. The van der Waals surface area contributed by atoms with Crippen LogP contribution in [0.25, 0.3) is 0 Å². The van der Waals surface area contributed by atoms with E-state index in [0.29, 0.717) is 0 Å². The van der Waals surface area contributed by atoms with Gasteiger partial charge in [-0.05, 0) is 24.2 Å². The second-order valence-corrected chi connectivity index (χ2v) is 9.97. The Morgan fingerprint density at radius 3 is 1.41 bits per heavy atom. The molecule has 2 nitrogen and oxygen atoms in total. The minimum atomic E-state index is -1.43. The van der Waals surface area contributed by atoms with E-state index in [0.717, 1.165) is 24.2 Å². The van der Waals surface area contributed by atoms with E-state index in [9.17, 15) is 0 Å². The van der Waals surface area contributed by atoms with Gasteiger partial charge in [0.2, 0.25) is 8.40 Å². The van der Waals surface area contributed by atoms with Crippen molar-refractivity contribution in [1.29, 1.82) is 0 Å². The maximum absolute atomic E-state index is 4.01. The predicted octanol–water partition coefficient (Wildman–Crippen LogP) is 3.54. The minimum absolute atomic E-state index is 1.01. The molecule has 0 aromatic carbocycles. The highest BCUT2D eigenvalue weighted by molar-refractivity contribution is 6.78. The molecule has 100 valence electrons. The molecule has 0 amide bonds. The first-order valence-electron chi connectivity index (χ1n) is 7.83. The van der Waals surface area contributed by atoms with Crippen LogP contribution < -0.4 is 9.96 Å². The third-order valence-electron chi connectivity index (χ3n) is 4.94. The summed E-state index contributed by atoms with van der Waals surface area (Å²) in [5, 5.41) is 0. The van der Waals surface area contributed by atoms with Crippen molar-refractivity contribution in [2.45, 2.75) is 76.3 Å². The zero-order chi connectivity index (χ0) is 12.1. The van der Waals surface area contributed by atoms with Gasteiger partial charge in [0, 0.05) is 0 Å². The second kappa shape index (κ2) is 6.35. The summed E-state index contributed by atoms with van der Waals surface area (Å²) >= 11 is 0. The van der Waals surface area contributed by atoms with Crippen molar-refractivity contribution in [2.24, 2.45) is 0 Å². The Morgan fingerprint density at radius 1 is 0.765 bits per heavy atom. The van der Waals surface area contributed by atoms with Gasteiger partial charge in [0.1, 0.15) is 0 Å². The lowest BCUT2D eigenvalue weighted by molar-refractivity contribution is 0.654. The number of nitrogens with one attached hydrogen (secondary N) is 2. The van der Waals surface area contributed by atoms with Gasteiger partial charge in [0.05, 0.1) is 0 Å². The first-order chi connectivity index (χ1) is 8.33. The Bertz CT molecular complexity index is 196. The van der Waals surface area contributed by atoms with Crippen LogP contribution in [0.2, 0.25) is 11.1 Å². The van der Waals surface area contributed by atoms with Gasteiger partial charge in [-0.1, -0.05) is 65.2 Å². The molecule has 0 radical (unpaired) electrons. The summed E-state index contributed by atoms with van der Waals surface area (Å²) in [6, 6.07) is 0. The maximum atomic E-state index is 4.01. The molecular formula is C14H30N2Si. The molecule has 2 aliphatic carbocycles. The van der Waals surface area contributed by atoms with E-state index in [1.807, 2.05) is 0 Å². The van der Waals surface area contributed by atoms with E-state index in [2.05, 4.69) is 23.8 Å². The van der Waals surface area contributed by atoms with Crippen molar-refractivity contribution in [3.8, 4) is 0 Å². The van der Waals surface area contributed by atoms with Gasteiger partial charge in [-0.15, -0.1) is 0 Å².